The molecular weight excluding hydrogens is 152 g/mol. The summed E-state index contributed by atoms with van der Waals surface area (Å²) in [5.74, 6) is 0.740. The molecule has 1 aliphatic rings. The average molecular weight is 172 g/mol. The molecule has 1 saturated heterocycles. The zero-order chi connectivity index (χ0) is 8.97. The second-order valence-electron chi connectivity index (χ2n) is 3.78. The lowest BCUT2D eigenvalue weighted by atomic mass is 10.0. The number of likely N-dealkylation sites (tertiary alicyclic amines) is 1. The molecule has 0 aromatic rings. The molecule has 0 bridgehead atoms. The minimum absolute atomic E-state index is 0.358. The molecule has 0 saturated carbocycles. The van der Waals surface area contributed by atoms with Crippen LogP contribution in [0.5, 0.6) is 0 Å². The quantitative estimate of drug-likeness (QED) is 0.648. The summed E-state index contributed by atoms with van der Waals surface area (Å²) in [6.45, 7) is 9.22. The number of hydrogen-bond acceptors (Lipinski definition) is 3. The van der Waals surface area contributed by atoms with Gasteiger partial charge < -0.3 is 15.4 Å². The molecule has 0 unspecified atom stereocenters. The van der Waals surface area contributed by atoms with E-state index in [0.717, 1.165) is 38.7 Å². The Balaban J connectivity index is 1.90. The number of nitrogens with zero attached hydrogens (tertiary/aromatic N) is 1. The Morgan fingerprint density at radius 3 is 2.67 bits per heavy atom. The van der Waals surface area contributed by atoms with Gasteiger partial charge in [-0.25, -0.2) is 0 Å². The first-order valence-electron chi connectivity index (χ1n) is 4.76. The van der Waals surface area contributed by atoms with Crippen LogP contribution in [0.3, 0.4) is 0 Å². The normalized spacial score (nSPS) is 20.0. The Morgan fingerprint density at radius 2 is 2.17 bits per heavy atom. The van der Waals surface area contributed by atoms with Crippen LogP contribution in [0.2, 0.25) is 0 Å². The van der Waals surface area contributed by atoms with Crippen molar-refractivity contribution in [3.8, 4) is 0 Å². The third-order valence-electron chi connectivity index (χ3n) is 2.22. The summed E-state index contributed by atoms with van der Waals surface area (Å²) in [6.07, 6.45) is 0.358. The Morgan fingerprint density at radius 1 is 1.50 bits per heavy atom. The fourth-order valence-corrected chi connectivity index (χ4v) is 1.43. The second-order valence-corrected chi connectivity index (χ2v) is 3.78. The molecule has 0 atom stereocenters. The molecule has 72 valence electrons. The van der Waals surface area contributed by atoms with Crippen LogP contribution in [-0.4, -0.2) is 43.8 Å². The Hall–Kier alpha value is -0.120. The third kappa shape index (κ3) is 3.09. The van der Waals surface area contributed by atoms with Crippen molar-refractivity contribution in [3.05, 3.63) is 0 Å². The highest BCUT2D eigenvalue weighted by Crippen LogP contribution is 2.12. The van der Waals surface area contributed by atoms with Crippen LogP contribution >= 0.6 is 0 Å². The van der Waals surface area contributed by atoms with Gasteiger partial charge in [0, 0.05) is 19.6 Å². The molecule has 0 aromatic carbocycles. The highest BCUT2D eigenvalue weighted by Gasteiger charge is 2.24. The summed E-state index contributed by atoms with van der Waals surface area (Å²) < 4.78 is 5.44. The zero-order valence-electron chi connectivity index (χ0n) is 8.12. The molecule has 0 aliphatic carbocycles. The largest absolute Gasteiger partial charge is 0.377 e. The van der Waals surface area contributed by atoms with Gasteiger partial charge in [0.2, 0.25) is 0 Å². The van der Waals surface area contributed by atoms with E-state index >= 15 is 0 Å². The number of ether oxygens (including phenoxy) is 1. The average Bonchev–Trinajstić information content (AvgIpc) is 1.93. The van der Waals surface area contributed by atoms with Crippen LogP contribution < -0.4 is 5.73 Å². The van der Waals surface area contributed by atoms with Crippen molar-refractivity contribution < 1.29 is 4.74 Å². The van der Waals surface area contributed by atoms with Crippen molar-refractivity contribution in [1.29, 1.82) is 0 Å². The van der Waals surface area contributed by atoms with Gasteiger partial charge in [0.25, 0.3) is 0 Å². The molecule has 1 fully saturated rings. The van der Waals surface area contributed by atoms with Crippen LogP contribution in [0, 0.1) is 5.92 Å². The highest BCUT2D eigenvalue weighted by molar-refractivity contribution is 4.79. The van der Waals surface area contributed by atoms with E-state index in [1.807, 2.05) is 0 Å². The van der Waals surface area contributed by atoms with Gasteiger partial charge in [-0.15, -0.1) is 0 Å². The van der Waals surface area contributed by atoms with Gasteiger partial charge in [0.1, 0.15) is 0 Å². The lowest BCUT2D eigenvalue weighted by Gasteiger charge is -2.38. The van der Waals surface area contributed by atoms with E-state index in [9.17, 15) is 0 Å². The lowest BCUT2D eigenvalue weighted by molar-refractivity contribution is 0.0267. The first-order valence-corrected chi connectivity index (χ1v) is 4.76. The summed E-state index contributed by atoms with van der Waals surface area (Å²) >= 11 is 0. The van der Waals surface area contributed by atoms with E-state index in [0.29, 0.717) is 6.10 Å². The van der Waals surface area contributed by atoms with E-state index in [1.165, 1.54) is 0 Å². The van der Waals surface area contributed by atoms with Crippen molar-refractivity contribution in [2.45, 2.75) is 20.0 Å². The summed E-state index contributed by atoms with van der Waals surface area (Å²) in [5.41, 5.74) is 5.51. The molecule has 0 amide bonds. The SMILES string of the molecule is CC(C)OCCN1CC(CN)C1. The summed E-state index contributed by atoms with van der Waals surface area (Å²) in [4.78, 5) is 2.39. The first-order chi connectivity index (χ1) is 5.72. The fourth-order valence-electron chi connectivity index (χ4n) is 1.43. The molecule has 1 rings (SSSR count). The van der Waals surface area contributed by atoms with Crippen molar-refractivity contribution in [2.75, 3.05) is 32.8 Å². The minimum atomic E-state index is 0.358. The smallest absolute Gasteiger partial charge is 0.0596 e. The first kappa shape index (κ1) is 9.96. The second kappa shape index (κ2) is 4.80. The maximum Gasteiger partial charge on any atom is 0.0596 e. The predicted molar refractivity (Wildman–Crippen MR) is 50.1 cm³/mol. The number of nitrogens with two attached hydrogens (primary N) is 1. The van der Waals surface area contributed by atoms with Crippen LogP contribution in [0.1, 0.15) is 13.8 Å². The van der Waals surface area contributed by atoms with E-state index in [4.69, 9.17) is 10.5 Å². The van der Waals surface area contributed by atoms with Crippen molar-refractivity contribution >= 4 is 0 Å². The van der Waals surface area contributed by atoms with Crippen molar-refractivity contribution in [1.82, 2.24) is 4.90 Å². The van der Waals surface area contributed by atoms with E-state index in [-0.39, 0.29) is 0 Å². The van der Waals surface area contributed by atoms with E-state index < -0.39 is 0 Å². The zero-order valence-corrected chi connectivity index (χ0v) is 8.12. The molecule has 3 heteroatoms. The van der Waals surface area contributed by atoms with Gasteiger partial charge >= 0.3 is 0 Å². The van der Waals surface area contributed by atoms with Crippen molar-refractivity contribution in [3.63, 3.8) is 0 Å². The molecule has 12 heavy (non-hydrogen) atoms. The van der Waals surface area contributed by atoms with Gasteiger partial charge in [-0.05, 0) is 26.3 Å². The monoisotopic (exact) mass is 172 g/mol. The minimum Gasteiger partial charge on any atom is -0.377 e. The number of hydrogen-bond donors (Lipinski definition) is 1. The topological polar surface area (TPSA) is 38.5 Å². The summed E-state index contributed by atoms with van der Waals surface area (Å²) in [5, 5.41) is 0. The van der Waals surface area contributed by atoms with Crippen LogP contribution in [-0.2, 0) is 4.74 Å². The Kier molecular flexibility index (Phi) is 3.98. The van der Waals surface area contributed by atoms with Crippen molar-refractivity contribution in [2.24, 2.45) is 11.7 Å². The van der Waals surface area contributed by atoms with Gasteiger partial charge in [0.05, 0.1) is 12.7 Å². The molecule has 3 nitrogen and oxygen atoms in total. The molecular formula is C9H20N2O. The Bertz CT molecular complexity index is 122. The number of rotatable bonds is 5. The van der Waals surface area contributed by atoms with Gasteiger partial charge in [-0.3, -0.25) is 0 Å². The van der Waals surface area contributed by atoms with E-state index in [1.54, 1.807) is 0 Å². The lowest BCUT2D eigenvalue weighted by Crippen LogP contribution is -2.50. The highest BCUT2D eigenvalue weighted by atomic mass is 16.5. The molecule has 1 aliphatic heterocycles. The summed E-state index contributed by atoms with van der Waals surface area (Å²) in [6, 6.07) is 0. The fraction of sp³-hybridized carbons (Fsp3) is 1.00. The predicted octanol–water partition coefficient (Wildman–Crippen LogP) is 0.302. The molecule has 0 radical (unpaired) electrons. The molecule has 0 aromatic heterocycles. The Labute approximate surface area is 74.9 Å². The van der Waals surface area contributed by atoms with Crippen LogP contribution in [0.25, 0.3) is 0 Å². The molecule has 1 heterocycles. The van der Waals surface area contributed by atoms with Gasteiger partial charge in [-0.1, -0.05) is 0 Å². The van der Waals surface area contributed by atoms with Gasteiger partial charge in [-0.2, -0.15) is 0 Å². The third-order valence-corrected chi connectivity index (χ3v) is 2.22. The van der Waals surface area contributed by atoms with Crippen LogP contribution in [0.15, 0.2) is 0 Å². The molecule has 0 spiro atoms. The van der Waals surface area contributed by atoms with Gasteiger partial charge in [0.15, 0.2) is 0 Å². The molecule has 2 N–H and O–H groups in total. The summed E-state index contributed by atoms with van der Waals surface area (Å²) in [7, 11) is 0. The maximum absolute atomic E-state index is 5.51. The maximum atomic E-state index is 5.51. The van der Waals surface area contributed by atoms with Crippen LogP contribution in [0.4, 0.5) is 0 Å². The standard InChI is InChI=1S/C9H20N2O/c1-8(2)12-4-3-11-6-9(5-10)7-11/h8-9H,3-7,10H2,1-2H3. The van der Waals surface area contributed by atoms with E-state index in [2.05, 4.69) is 18.7 Å².